The molecule has 0 unspecified atom stereocenters. The van der Waals surface area contributed by atoms with Gasteiger partial charge in [0.1, 0.15) is 0 Å². The van der Waals surface area contributed by atoms with Gasteiger partial charge in [-0.25, -0.2) is 0 Å². The molecule has 1 saturated heterocycles. The summed E-state index contributed by atoms with van der Waals surface area (Å²) in [5.74, 6) is 0.886. The fraction of sp³-hybridized carbons (Fsp3) is 0.529. The number of rotatable bonds is 5. The summed E-state index contributed by atoms with van der Waals surface area (Å²) < 4.78 is 0. The number of halogens is 2. The van der Waals surface area contributed by atoms with E-state index in [1.54, 1.807) is 20.0 Å². The van der Waals surface area contributed by atoms with Gasteiger partial charge in [-0.1, -0.05) is 29.3 Å². The zero-order valence-electron chi connectivity index (χ0n) is 14.7. The number of carbonyl (C=O) groups excluding carboxylic acids is 1. The summed E-state index contributed by atoms with van der Waals surface area (Å²) in [5, 5.41) is 7.81. The van der Waals surface area contributed by atoms with E-state index < -0.39 is 0 Å². The van der Waals surface area contributed by atoms with E-state index in [4.69, 9.17) is 23.2 Å². The molecule has 1 fully saturated rings. The van der Waals surface area contributed by atoms with Crippen LogP contribution >= 0.6 is 23.2 Å². The number of hydrogen-bond acceptors (Lipinski definition) is 3. The Kier molecular flexibility index (Phi) is 7.81. The van der Waals surface area contributed by atoms with Gasteiger partial charge in [-0.3, -0.25) is 14.7 Å². The number of nitrogens with zero attached hydrogens (tertiary/aromatic N) is 3. The molecule has 1 aliphatic rings. The van der Waals surface area contributed by atoms with E-state index >= 15 is 0 Å². The molecule has 0 radical (unpaired) electrons. The molecule has 2 N–H and O–H groups in total. The molecule has 1 aliphatic heterocycles. The topological polar surface area (TPSA) is 60.0 Å². The first-order chi connectivity index (χ1) is 12.0. The van der Waals surface area contributed by atoms with Gasteiger partial charge >= 0.3 is 0 Å². The number of piperazine rings is 1. The lowest BCUT2D eigenvalue weighted by Gasteiger charge is -2.34. The molecule has 1 aromatic carbocycles. The van der Waals surface area contributed by atoms with Crippen molar-refractivity contribution in [1.29, 1.82) is 0 Å². The van der Waals surface area contributed by atoms with Crippen molar-refractivity contribution < 1.29 is 4.79 Å². The van der Waals surface area contributed by atoms with Crippen molar-refractivity contribution in [3.05, 3.63) is 33.8 Å². The van der Waals surface area contributed by atoms with Crippen molar-refractivity contribution in [2.75, 3.05) is 46.3 Å². The molecular formula is C17H25Cl2N5O. The molecule has 1 aromatic rings. The third kappa shape index (κ3) is 6.38. The number of aliphatic imine (C=N–C) groups is 1. The number of guanidine groups is 1. The van der Waals surface area contributed by atoms with Gasteiger partial charge in [-0.05, 0) is 17.7 Å². The van der Waals surface area contributed by atoms with Crippen LogP contribution in [0.5, 0.6) is 0 Å². The largest absolute Gasteiger partial charge is 0.355 e. The van der Waals surface area contributed by atoms with Gasteiger partial charge in [0.15, 0.2) is 5.96 Å². The SMILES string of the molecule is CN=C(NCCN1CCN(C(C)=O)CC1)NCc1ccc(Cl)cc1Cl. The number of nitrogens with one attached hydrogen (secondary N) is 2. The maximum Gasteiger partial charge on any atom is 0.219 e. The summed E-state index contributed by atoms with van der Waals surface area (Å²) in [5.41, 5.74) is 0.967. The Bertz CT molecular complexity index is 615. The fourth-order valence-electron chi connectivity index (χ4n) is 2.68. The second kappa shape index (κ2) is 9.85. The zero-order chi connectivity index (χ0) is 18.2. The average Bonchev–Trinajstić information content (AvgIpc) is 2.59. The van der Waals surface area contributed by atoms with E-state index in [0.29, 0.717) is 16.6 Å². The normalized spacial score (nSPS) is 16.0. The second-order valence-corrected chi connectivity index (χ2v) is 6.78. The standard InChI is InChI=1S/C17H25Cl2N5O/c1-13(25)24-9-7-23(8-10-24)6-5-21-17(20-2)22-12-14-3-4-15(18)11-16(14)19/h3-4,11H,5-10,12H2,1-2H3,(H2,20,21,22). The molecule has 1 heterocycles. The van der Waals surface area contributed by atoms with Crippen LogP contribution in [-0.4, -0.2) is 68.0 Å². The lowest BCUT2D eigenvalue weighted by Crippen LogP contribution is -2.50. The molecular weight excluding hydrogens is 361 g/mol. The van der Waals surface area contributed by atoms with E-state index in [0.717, 1.165) is 50.8 Å². The molecule has 0 spiro atoms. The molecule has 8 heteroatoms. The van der Waals surface area contributed by atoms with Gasteiger partial charge in [-0.15, -0.1) is 0 Å². The van der Waals surface area contributed by atoms with E-state index in [2.05, 4.69) is 20.5 Å². The van der Waals surface area contributed by atoms with Gasteiger partial charge < -0.3 is 15.5 Å². The Hall–Kier alpha value is -1.50. The lowest BCUT2D eigenvalue weighted by atomic mass is 10.2. The highest BCUT2D eigenvalue weighted by Crippen LogP contribution is 2.20. The third-order valence-electron chi connectivity index (χ3n) is 4.22. The van der Waals surface area contributed by atoms with E-state index in [1.807, 2.05) is 17.0 Å². The Morgan fingerprint density at radius 1 is 1.20 bits per heavy atom. The summed E-state index contributed by atoms with van der Waals surface area (Å²) in [6.07, 6.45) is 0. The highest BCUT2D eigenvalue weighted by molar-refractivity contribution is 6.35. The Morgan fingerprint density at radius 2 is 1.92 bits per heavy atom. The van der Waals surface area contributed by atoms with Crippen LogP contribution in [0.15, 0.2) is 23.2 Å². The fourth-order valence-corrected chi connectivity index (χ4v) is 3.16. The molecule has 0 aromatic heterocycles. The van der Waals surface area contributed by atoms with Crippen molar-refractivity contribution in [1.82, 2.24) is 20.4 Å². The summed E-state index contributed by atoms with van der Waals surface area (Å²) in [7, 11) is 1.74. The van der Waals surface area contributed by atoms with E-state index in [-0.39, 0.29) is 5.91 Å². The maximum absolute atomic E-state index is 11.3. The van der Waals surface area contributed by atoms with Crippen LogP contribution in [0.25, 0.3) is 0 Å². The Morgan fingerprint density at radius 3 is 2.52 bits per heavy atom. The minimum Gasteiger partial charge on any atom is -0.355 e. The molecule has 6 nitrogen and oxygen atoms in total. The van der Waals surface area contributed by atoms with Crippen molar-refractivity contribution >= 4 is 35.1 Å². The molecule has 0 bridgehead atoms. The highest BCUT2D eigenvalue weighted by atomic mass is 35.5. The van der Waals surface area contributed by atoms with E-state index in [9.17, 15) is 4.79 Å². The number of hydrogen-bond donors (Lipinski definition) is 2. The molecule has 1 amide bonds. The van der Waals surface area contributed by atoms with Gasteiger partial charge in [0.25, 0.3) is 0 Å². The minimum atomic E-state index is 0.156. The first-order valence-electron chi connectivity index (χ1n) is 8.36. The van der Waals surface area contributed by atoms with Crippen LogP contribution in [-0.2, 0) is 11.3 Å². The summed E-state index contributed by atoms with van der Waals surface area (Å²) >= 11 is 12.1. The van der Waals surface area contributed by atoms with Gasteiger partial charge in [0.2, 0.25) is 5.91 Å². The van der Waals surface area contributed by atoms with Crippen LogP contribution < -0.4 is 10.6 Å². The quantitative estimate of drug-likeness (QED) is 0.599. The number of carbonyl (C=O) groups is 1. The highest BCUT2D eigenvalue weighted by Gasteiger charge is 2.17. The first-order valence-corrected chi connectivity index (χ1v) is 9.11. The zero-order valence-corrected chi connectivity index (χ0v) is 16.2. The average molecular weight is 386 g/mol. The predicted molar refractivity (Wildman–Crippen MR) is 103 cm³/mol. The Balaban J connectivity index is 1.69. The third-order valence-corrected chi connectivity index (χ3v) is 4.81. The summed E-state index contributed by atoms with van der Waals surface area (Å²) in [6, 6.07) is 5.46. The molecule has 0 saturated carbocycles. The number of amides is 1. The van der Waals surface area contributed by atoms with Crippen LogP contribution in [0, 0.1) is 0 Å². The molecule has 2 rings (SSSR count). The summed E-state index contributed by atoms with van der Waals surface area (Å²) in [6.45, 7) is 7.32. The predicted octanol–water partition coefficient (Wildman–Crippen LogP) is 1.82. The lowest BCUT2D eigenvalue weighted by molar-refractivity contribution is -0.130. The molecule has 25 heavy (non-hydrogen) atoms. The van der Waals surface area contributed by atoms with Gasteiger partial charge in [0.05, 0.1) is 0 Å². The van der Waals surface area contributed by atoms with Gasteiger partial charge in [-0.2, -0.15) is 0 Å². The van der Waals surface area contributed by atoms with Crippen LogP contribution in [0.4, 0.5) is 0 Å². The van der Waals surface area contributed by atoms with Gasteiger partial charge in [0, 0.05) is 69.8 Å². The minimum absolute atomic E-state index is 0.156. The summed E-state index contributed by atoms with van der Waals surface area (Å²) in [4.78, 5) is 19.8. The van der Waals surface area contributed by atoms with Crippen molar-refractivity contribution in [3.8, 4) is 0 Å². The van der Waals surface area contributed by atoms with Crippen LogP contribution in [0.2, 0.25) is 10.0 Å². The van der Waals surface area contributed by atoms with Crippen LogP contribution in [0.1, 0.15) is 12.5 Å². The monoisotopic (exact) mass is 385 g/mol. The molecule has 0 aliphatic carbocycles. The number of benzene rings is 1. The Labute approximate surface area is 159 Å². The van der Waals surface area contributed by atoms with Crippen molar-refractivity contribution in [2.45, 2.75) is 13.5 Å². The first kappa shape index (κ1) is 19.8. The molecule has 0 atom stereocenters. The van der Waals surface area contributed by atoms with Crippen molar-refractivity contribution in [2.24, 2.45) is 4.99 Å². The second-order valence-electron chi connectivity index (χ2n) is 5.94. The smallest absolute Gasteiger partial charge is 0.219 e. The molecule has 138 valence electrons. The van der Waals surface area contributed by atoms with Crippen LogP contribution in [0.3, 0.4) is 0 Å². The maximum atomic E-state index is 11.3. The van der Waals surface area contributed by atoms with Crippen molar-refractivity contribution in [3.63, 3.8) is 0 Å². The van der Waals surface area contributed by atoms with E-state index in [1.165, 1.54) is 0 Å².